The number of hydrogen-bond donors (Lipinski definition) is 0. The molecule has 29 heavy (non-hydrogen) atoms. The lowest BCUT2D eigenvalue weighted by Gasteiger charge is -2.05. The van der Waals surface area contributed by atoms with Gasteiger partial charge in [-0.3, -0.25) is 9.59 Å². The van der Waals surface area contributed by atoms with Gasteiger partial charge in [0.15, 0.2) is 4.80 Å². The summed E-state index contributed by atoms with van der Waals surface area (Å²) in [6.07, 6.45) is 1.14. The van der Waals surface area contributed by atoms with Crippen molar-refractivity contribution in [2.24, 2.45) is 4.99 Å². The first kappa shape index (κ1) is 21.3. The van der Waals surface area contributed by atoms with E-state index < -0.39 is 0 Å². The van der Waals surface area contributed by atoms with Gasteiger partial charge in [-0.25, -0.2) is 0 Å². The number of nitrogens with zero attached hydrogens (tertiary/aromatic N) is 2. The number of aryl methyl sites for hydroxylation is 1. The Bertz CT molecular complexity index is 1050. The minimum absolute atomic E-state index is 0.0485. The first-order chi connectivity index (χ1) is 14.1. The molecule has 1 aromatic heterocycles. The van der Waals surface area contributed by atoms with Crippen LogP contribution in [0, 0.1) is 6.92 Å². The van der Waals surface area contributed by atoms with Crippen molar-refractivity contribution < 1.29 is 14.3 Å². The predicted octanol–water partition coefficient (Wildman–Crippen LogP) is 4.57. The molecule has 0 spiro atoms. The van der Waals surface area contributed by atoms with Crippen LogP contribution in [0.3, 0.4) is 0 Å². The summed E-state index contributed by atoms with van der Waals surface area (Å²) in [6.45, 7) is 4.17. The van der Waals surface area contributed by atoms with E-state index in [2.05, 4.69) is 17.1 Å². The Kier molecular flexibility index (Phi) is 7.66. The molecule has 0 saturated carbocycles. The summed E-state index contributed by atoms with van der Waals surface area (Å²) in [5.41, 5.74) is 2.01. The maximum Gasteiger partial charge on any atom is 0.326 e. The first-order valence-corrected chi connectivity index (χ1v) is 11.4. The van der Waals surface area contributed by atoms with E-state index in [-0.39, 0.29) is 18.4 Å². The zero-order valence-corrected chi connectivity index (χ0v) is 18.2. The quantitative estimate of drug-likeness (QED) is 0.299. The Hall–Kier alpha value is -2.38. The van der Waals surface area contributed by atoms with E-state index in [0.717, 1.165) is 28.0 Å². The van der Waals surface area contributed by atoms with E-state index >= 15 is 0 Å². The molecule has 0 N–H and O–H groups in total. The molecule has 0 saturated heterocycles. The van der Waals surface area contributed by atoms with E-state index in [9.17, 15) is 9.59 Å². The molecule has 1 heterocycles. The van der Waals surface area contributed by atoms with Gasteiger partial charge in [-0.15, -0.1) is 11.8 Å². The molecule has 0 unspecified atom stereocenters. The van der Waals surface area contributed by atoms with Crippen LogP contribution in [0.5, 0.6) is 0 Å². The molecule has 0 bridgehead atoms. The highest BCUT2D eigenvalue weighted by atomic mass is 32.2. The molecule has 1 amide bonds. The fourth-order valence-electron chi connectivity index (χ4n) is 2.85. The van der Waals surface area contributed by atoms with Crippen molar-refractivity contribution in [1.29, 1.82) is 0 Å². The van der Waals surface area contributed by atoms with Gasteiger partial charge in [-0.2, -0.15) is 4.99 Å². The lowest BCUT2D eigenvalue weighted by molar-refractivity contribution is -0.143. The summed E-state index contributed by atoms with van der Waals surface area (Å²) in [5.74, 6) is 0.361. The molecule has 2 aromatic carbocycles. The molecule has 0 radical (unpaired) electrons. The van der Waals surface area contributed by atoms with Gasteiger partial charge in [0.25, 0.3) is 0 Å². The summed E-state index contributed by atoms with van der Waals surface area (Å²) in [7, 11) is 0. The average Bonchev–Trinajstić information content (AvgIpc) is 3.02. The van der Waals surface area contributed by atoms with E-state index in [0.29, 0.717) is 17.8 Å². The number of carbonyl (C=O) groups is 2. The maximum atomic E-state index is 12.4. The van der Waals surface area contributed by atoms with Gasteiger partial charge in [0.05, 0.1) is 16.8 Å². The topological polar surface area (TPSA) is 60.7 Å². The minimum atomic E-state index is -0.332. The zero-order valence-electron chi connectivity index (χ0n) is 16.6. The number of hydrogen-bond acceptors (Lipinski definition) is 5. The van der Waals surface area contributed by atoms with Gasteiger partial charge in [0, 0.05) is 11.3 Å². The molecular weight excluding hydrogens is 404 g/mol. The third-order valence-corrected chi connectivity index (χ3v) is 6.34. The highest BCUT2D eigenvalue weighted by Crippen LogP contribution is 2.20. The molecule has 0 aliphatic carbocycles. The molecular formula is C22H24N2O3S2. The molecule has 3 rings (SSSR count). The monoisotopic (exact) mass is 428 g/mol. The van der Waals surface area contributed by atoms with Crippen LogP contribution in [-0.2, 0) is 20.9 Å². The Labute approximate surface area is 178 Å². The van der Waals surface area contributed by atoms with Crippen LogP contribution in [0.1, 0.15) is 25.3 Å². The van der Waals surface area contributed by atoms with Gasteiger partial charge in [-0.05, 0) is 55.9 Å². The van der Waals surface area contributed by atoms with Crippen molar-refractivity contribution in [3.8, 4) is 0 Å². The number of benzene rings is 2. The van der Waals surface area contributed by atoms with E-state index in [1.807, 2.05) is 43.3 Å². The van der Waals surface area contributed by atoms with E-state index in [4.69, 9.17) is 4.74 Å². The van der Waals surface area contributed by atoms with Crippen molar-refractivity contribution in [1.82, 2.24) is 4.57 Å². The molecule has 152 valence electrons. The first-order valence-electron chi connectivity index (χ1n) is 9.58. The third kappa shape index (κ3) is 6.05. The van der Waals surface area contributed by atoms with Crippen molar-refractivity contribution in [3.05, 3.63) is 58.9 Å². The Morgan fingerprint density at radius 2 is 1.97 bits per heavy atom. The number of aromatic nitrogens is 1. The number of carbonyl (C=O) groups excluding carboxylic acids is 2. The Morgan fingerprint density at radius 1 is 1.17 bits per heavy atom. The molecule has 0 atom stereocenters. The summed E-state index contributed by atoms with van der Waals surface area (Å²) in [6, 6.07) is 16.1. The van der Waals surface area contributed by atoms with Crippen LogP contribution >= 0.6 is 23.1 Å². The highest BCUT2D eigenvalue weighted by Gasteiger charge is 2.12. The van der Waals surface area contributed by atoms with Gasteiger partial charge in [0.1, 0.15) is 6.54 Å². The summed E-state index contributed by atoms with van der Waals surface area (Å²) in [4.78, 5) is 30.5. The maximum absolute atomic E-state index is 12.4. The van der Waals surface area contributed by atoms with Crippen molar-refractivity contribution in [2.75, 3.05) is 12.4 Å². The van der Waals surface area contributed by atoms with Crippen LogP contribution < -0.4 is 4.80 Å². The van der Waals surface area contributed by atoms with Crippen LogP contribution in [0.15, 0.2) is 58.4 Å². The van der Waals surface area contributed by atoms with Crippen molar-refractivity contribution in [3.63, 3.8) is 0 Å². The van der Waals surface area contributed by atoms with E-state index in [1.54, 1.807) is 23.3 Å². The van der Waals surface area contributed by atoms with Crippen LogP contribution in [0.4, 0.5) is 0 Å². The number of rotatable bonds is 8. The molecule has 5 nitrogen and oxygen atoms in total. The second-order valence-electron chi connectivity index (χ2n) is 6.52. The number of amides is 1. The summed E-state index contributed by atoms with van der Waals surface area (Å²) >= 11 is 3.16. The number of fused-ring (bicyclic) bond motifs is 1. The number of esters is 1. The Balaban J connectivity index is 1.73. The predicted molar refractivity (Wildman–Crippen MR) is 118 cm³/mol. The molecule has 3 aromatic rings. The van der Waals surface area contributed by atoms with Crippen LogP contribution in [0.2, 0.25) is 0 Å². The Morgan fingerprint density at radius 3 is 2.72 bits per heavy atom. The molecule has 7 heteroatoms. The van der Waals surface area contributed by atoms with Crippen LogP contribution in [0.25, 0.3) is 10.2 Å². The number of thioether (sulfide) groups is 1. The SMILES string of the molecule is CCOC(=O)Cn1c(=NC(=O)CCCSc2ccccc2)sc2cc(C)ccc21. The summed E-state index contributed by atoms with van der Waals surface area (Å²) in [5, 5.41) is 0. The third-order valence-electron chi connectivity index (χ3n) is 4.20. The van der Waals surface area contributed by atoms with E-state index in [1.165, 1.54) is 16.2 Å². The minimum Gasteiger partial charge on any atom is -0.465 e. The lowest BCUT2D eigenvalue weighted by Crippen LogP contribution is -2.23. The largest absolute Gasteiger partial charge is 0.465 e. The average molecular weight is 429 g/mol. The lowest BCUT2D eigenvalue weighted by atomic mass is 10.2. The van der Waals surface area contributed by atoms with Gasteiger partial charge in [0.2, 0.25) is 5.91 Å². The number of thiazole rings is 1. The van der Waals surface area contributed by atoms with Crippen molar-refractivity contribution in [2.45, 2.75) is 38.1 Å². The van der Waals surface area contributed by atoms with Gasteiger partial charge in [-0.1, -0.05) is 35.6 Å². The molecule has 0 aliphatic heterocycles. The zero-order chi connectivity index (χ0) is 20.6. The van der Waals surface area contributed by atoms with Gasteiger partial charge >= 0.3 is 5.97 Å². The molecule has 0 fully saturated rings. The molecule has 0 aliphatic rings. The smallest absolute Gasteiger partial charge is 0.326 e. The normalized spacial score (nSPS) is 11.7. The van der Waals surface area contributed by atoms with Gasteiger partial charge < -0.3 is 9.30 Å². The second-order valence-corrected chi connectivity index (χ2v) is 8.70. The summed E-state index contributed by atoms with van der Waals surface area (Å²) < 4.78 is 7.86. The van der Waals surface area contributed by atoms with Crippen LogP contribution in [-0.4, -0.2) is 28.8 Å². The fourth-order valence-corrected chi connectivity index (χ4v) is 4.87. The number of ether oxygens (including phenoxy) is 1. The van der Waals surface area contributed by atoms with Crippen molar-refractivity contribution >= 4 is 45.2 Å². The standard InChI is InChI=1S/C22H24N2O3S2/c1-3-27-21(26)15-24-18-12-11-16(2)14-19(18)29-22(24)23-20(25)10-7-13-28-17-8-5-4-6-9-17/h4-6,8-9,11-12,14H,3,7,10,13,15H2,1-2H3. The second kappa shape index (κ2) is 10.4. The highest BCUT2D eigenvalue weighted by molar-refractivity contribution is 7.99. The fraction of sp³-hybridized carbons (Fsp3) is 0.318.